The van der Waals surface area contributed by atoms with E-state index < -0.39 is 10.8 Å². The summed E-state index contributed by atoms with van der Waals surface area (Å²) in [5.74, 6) is 0.677. The second-order valence-corrected chi connectivity index (χ2v) is 4.92. The third kappa shape index (κ3) is 6.66. The van der Waals surface area contributed by atoms with Crippen molar-refractivity contribution in [3.8, 4) is 0 Å². The van der Waals surface area contributed by atoms with Crippen molar-refractivity contribution in [2.45, 2.75) is 6.92 Å². The summed E-state index contributed by atoms with van der Waals surface area (Å²) in [5, 5.41) is 0. The van der Waals surface area contributed by atoms with Gasteiger partial charge in [-0.3, -0.25) is 4.21 Å². The largest absolute Gasteiger partial charge is 0.374 e. The fourth-order valence-corrected chi connectivity index (χ4v) is 1.31. The maximum atomic E-state index is 10.9. The first kappa shape index (κ1) is 13.2. The van der Waals surface area contributed by atoms with Gasteiger partial charge in [0.05, 0.1) is 0 Å². The van der Waals surface area contributed by atoms with Gasteiger partial charge >= 0.3 is 0 Å². The fourth-order valence-electron chi connectivity index (χ4n) is 0.775. The first-order valence-corrected chi connectivity index (χ1v) is 6.20. The molecule has 0 saturated carbocycles. The van der Waals surface area contributed by atoms with Crippen LogP contribution in [-0.4, -0.2) is 34.7 Å². The summed E-state index contributed by atoms with van der Waals surface area (Å²) in [5.41, 5.74) is 1.91. The van der Waals surface area contributed by atoms with Gasteiger partial charge in [0.2, 0.25) is 0 Å². The highest BCUT2D eigenvalue weighted by molar-refractivity contribution is 7.84. The molecule has 0 radical (unpaired) electrons. The molecule has 0 aromatic carbocycles. The van der Waals surface area contributed by atoms with Crippen molar-refractivity contribution < 1.29 is 4.21 Å². The molecule has 0 fully saturated rings. The summed E-state index contributed by atoms with van der Waals surface area (Å²) in [6.07, 6.45) is 5.54. The van der Waals surface area contributed by atoms with Crippen LogP contribution in [0.5, 0.6) is 0 Å². The number of hydrogen-bond acceptors (Lipinski definition) is 2. The van der Waals surface area contributed by atoms with E-state index in [1.54, 1.807) is 6.26 Å². The molecule has 1 atom stereocenters. The van der Waals surface area contributed by atoms with Crippen molar-refractivity contribution in [1.82, 2.24) is 4.90 Å². The number of rotatable bonds is 6. The zero-order valence-electron chi connectivity index (χ0n) is 9.25. The van der Waals surface area contributed by atoms with E-state index in [-0.39, 0.29) is 0 Å². The van der Waals surface area contributed by atoms with E-state index in [9.17, 15) is 4.21 Å². The predicted octanol–water partition coefficient (Wildman–Crippen LogP) is 1.94. The predicted molar refractivity (Wildman–Crippen MR) is 64.7 cm³/mol. The van der Waals surface area contributed by atoms with Crippen LogP contribution < -0.4 is 0 Å². The van der Waals surface area contributed by atoms with Crippen LogP contribution in [0.2, 0.25) is 0 Å². The third-order valence-corrected chi connectivity index (χ3v) is 2.52. The molecule has 0 aliphatic rings. The van der Waals surface area contributed by atoms with E-state index in [2.05, 4.69) is 13.2 Å². The lowest BCUT2D eigenvalue weighted by Crippen LogP contribution is -2.21. The average molecular weight is 213 g/mol. The van der Waals surface area contributed by atoms with Gasteiger partial charge in [-0.2, -0.15) is 0 Å². The Morgan fingerprint density at radius 1 is 1.43 bits per heavy atom. The molecule has 3 heteroatoms. The normalized spacial score (nSPS) is 12.8. The zero-order valence-corrected chi connectivity index (χ0v) is 10.1. The third-order valence-electron chi connectivity index (χ3n) is 1.76. The maximum Gasteiger partial charge on any atom is 0.0407 e. The minimum atomic E-state index is -0.740. The molecule has 1 unspecified atom stereocenters. The summed E-state index contributed by atoms with van der Waals surface area (Å²) in [6, 6.07) is 0. The highest BCUT2D eigenvalue weighted by Crippen LogP contribution is 2.02. The van der Waals surface area contributed by atoms with E-state index in [1.165, 1.54) is 0 Å². The van der Waals surface area contributed by atoms with Crippen LogP contribution in [0.15, 0.2) is 36.6 Å². The Morgan fingerprint density at radius 2 is 2.00 bits per heavy atom. The van der Waals surface area contributed by atoms with Gasteiger partial charge in [-0.1, -0.05) is 24.8 Å². The van der Waals surface area contributed by atoms with Gasteiger partial charge in [-0.25, -0.2) is 0 Å². The summed E-state index contributed by atoms with van der Waals surface area (Å²) >= 11 is 0. The van der Waals surface area contributed by atoms with Crippen molar-refractivity contribution >= 4 is 10.8 Å². The van der Waals surface area contributed by atoms with Crippen LogP contribution >= 0.6 is 0 Å². The maximum absolute atomic E-state index is 10.9. The topological polar surface area (TPSA) is 20.3 Å². The quantitative estimate of drug-likeness (QED) is 0.629. The lowest BCUT2D eigenvalue weighted by molar-refractivity contribution is 0.460. The molecular weight excluding hydrogens is 194 g/mol. The molecule has 0 aliphatic carbocycles. The molecule has 80 valence electrons. The molecular formula is C11H19NOS. The number of allylic oxidation sites excluding steroid dienone is 3. The highest BCUT2D eigenvalue weighted by atomic mass is 32.2. The Bertz CT molecular complexity index is 268. The molecule has 14 heavy (non-hydrogen) atoms. The van der Waals surface area contributed by atoms with Crippen molar-refractivity contribution in [3.63, 3.8) is 0 Å². The van der Waals surface area contributed by atoms with Gasteiger partial charge in [0.1, 0.15) is 0 Å². The monoisotopic (exact) mass is 213 g/mol. The molecule has 0 bridgehead atoms. The number of nitrogens with zero attached hydrogens (tertiary/aromatic N) is 1. The van der Waals surface area contributed by atoms with Gasteiger partial charge in [-0.15, -0.1) is 0 Å². The van der Waals surface area contributed by atoms with Crippen LogP contribution in [0, 0.1) is 0 Å². The molecule has 2 nitrogen and oxygen atoms in total. The number of hydrogen-bond donors (Lipinski definition) is 0. The zero-order chi connectivity index (χ0) is 11.1. The smallest absolute Gasteiger partial charge is 0.0407 e. The first-order valence-electron chi connectivity index (χ1n) is 4.47. The average Bonchev–Trinajstić information content (AvgIpc) is 2.09. The second kappa shape index (κ2) is 6.60. The van der Waals surface area contributed by atoms with Crippen LogP contribution in [-0.2, 0) is 10.8 Å². The van der Waals surface area contributed by atoms with Crippen molar-refractivity contribution in [3.05, 3.63) is 36.6 Å². The van der Waals surface area contributed by atoms with Gasteiger partial charge in [0, 0.05) is 42.1 Å². The Balaban J connectivity index is 3.99. The van der Waals surface area contributed by atoms with E-state index in [4.69, 9.17) is 0 Å². The van der Waals surface area contributed by atoms with Gasteiger partial charge in [0.25, 0.3) is 0 Å². The standard InChI is InChI=1S/C11H19NOS/c1-10(2)6-7-11(3)12(4)8-9-14(5)13/h6-7H,1,3,8-9H2,2,4-5H3/b7-6-. The molecule has 0 aromatic rings. The Hall–Kier alpha value is -0.830. The summed E-state index contributed by atoms with van der Waals surface area (Å²) < 4.78 is 10.9. The van der Waals surface area contributed by atoms with E-state index >= 15 is 0 Å². The highest BCUT2D eigenvalue weighted by Gasteiger charge is 1.99. The van der Waals surface area contributed by atoms with Crippen LogP contribution in [0.1, 0.15) is 6.92 Å². The van der Waals surface area contributed by atoms with Crippen LogP contribution in [0.25, 0.3) is 0 Å². The van der Waals surface area contributed by atoms with Crippen molar-refractivity contribution in [1.29, 1.82) is 0 Å². The lowest BCUT2D eigenvalue weighted by Gasteiger charge is -2.18. The molecule has 0 aromatic heterocycles. The van der Waals surface area contributed by atoms with Crippen molar-refractivity contribution in [2.75, 3.05) is 25.6 Å². The van der Waals surface area contributed by atoms with E-state index in [1.807, 2.05) is 31.0 Å². The fraction of sp³-hybridized carbons (Fsp3) is 0.455. The minimum Gasteiger partial charge on any atom is -0.374 e. The molecule has 0 rings (SSSR count). The molecule has 0 aliphatic heterocycles. The Kier molecular flexibility index (Phi) is 6.21. The summed E-state index contributed by atoms with van der Waals surface area (Å²) in [6.45, 7) is 10.4. The van der Waals surface area contributed by atoms with Crippen molar-refractivity contribution in [2.24, 2.45) is 0 Å². The second-order valence-electron chi connectivity index (χ2n) is 3.37. The molecule has 0 saturated heterocycles. The lowest BCUT2D eigenvalue weighted by atomic mass is 10.3. The SMILES string of the molecule is C=C(C)/C=C\C(=C)N(C)CCS(C)=O. The molecule has 0 heterocycles. The van der Waals surface area contributed by atoms with Gasteiger partial charge < -0.3 is 4.90 Å². The Labute approximate surface area is 89.5 Å². The van der Waals surface area contributed by atoms with E-state index in [0.29, 0.717) is 5.75 Å². The molecule has 0 N–H and O–H groups in total. The minimum absolute atomic E-state index is 0.677. The summed E-state index contributed by atoms with van der Waals surface area (Å²) in [7, 11) is 1.20. The van der Waals surface area contributed by atoms with E-state index in [0.717, 1.165) is 17.8 Å². The van der Waals surface area contributed by atoms with Gasteiger partial charge in [-0.05, 0) is 13.0 Å². The van der Waals surface area contributed by atoms with Crippen LogP contribution in [0.4, 0.5) is 0 Å². The van der Waals surface area contributed by atoms with Crippen LogP contribution in [0.3, 0.4) is 0 Å². The number of likely N-dealkylation sites (N-methyl/N-ethyl adjacent to an activating group) is 1. The van der Waals surface area contributed by atoms with Gasteiger partial charge in [0.15, 0.2) is 0 Å². The first-order chi connectivity index (χ1) is 6.43. The molecule has 0 amide bonds. The molecule has 0 spiro atoms. The summed E-state index contributed by atoms with van der Waals surface area (Å²) in [4.78, 5) is 1.99. The Morgan fingerprint density at radius 3 is 2.43 bits per heavy atom.